The third-order valence-corrected chi connectivity index (χ3v) is 6.43. The van der Waals surface area contributed by atoms with Crippen LogP contribution < -0.4 is 9.62 Å². The van der Waals surface area contributed by atoms with Crippen LogP contribution in [0.5, 0.6) is 0 Å². The normalized spacial score (nSPS) is 21.0. The van der Waals surface area contributed by atoms with Crippen LogP contribution in [0.3, 0.4) is 0 Å². The van der Waals surface area contributed by atoms with E-state index in [1.807, 2.05) is 13.8 Å². The molecule has 0 radical (unpaired) electrons. The molecular formula is C18H27N3O4S. The predicted molar refractivity (Wildman–Crippen MR) is 99.8 cm³/mol. The van der Waals surface area contributed by atoms with Gasteiger partial charge < -0.3 is 9.64 Å². The lowest BCUT2D eigenvalue weighted by Gasteiger charge is -2.26. The van der Waals surface area contributed by atoms with E-state index in [0.717, 1.165) is 24.3 Å². The van der Waals surface area contributed by atoms with Crippen LogP contribution in [0.1, 0.15) is 25.8 Å². The summed E-state index contributed by atoms with van der Waals surface area (Å²) in [5.74, 6) is 0.0653. The number of hydrogen-bond donors (Lipinski definition) is 1. The van der Waals surface area contributed by atoms with Gasteiger partial charge in [-0.15, -0.1) is 0 Å². The number of ether oxygens (including phenoxy) is 1. The number of hydrogen-bond acceptors (Lipinski definition) is 5. The molecule has 26 heavy (non-hydrogen) atoms. The number of nitrogens with zero attached hydrogens (tertiary/aromatic N) is 2. The maximum absolute atomic E-state index is 12.6. The number of rotatable bonds is 6. The Balaban J connectivity index is 1.67. The van der Waals surface area contributed by atoms with Crippen molar-refractivity contribution in [2.75, 3.05) is 44.3 Å². The molecule has 1 N–H and O–H groups in total. The first-order valence-electron chi connectivity index (χ1n) is 9.17. The minimum atomic E-state index is -3.55. The smallest absolute Gasteiger partial charge is 0.240 e. The van der Waals surface area contributed by atoms with Crippen LogP contribution in [0.4, 0.5) is 5.69 Å². The Bertz CT molecular complexity index is 760. The molecule has 1 atom stereocenters. The Labute approximate surface area is 155 Å². The fraction of sp³-hybridized carbons (Fsp3) is 0.611. The predicted octanol–water partition coefficient (Wildman–Crippen LogP) is 0.985. The number of anilines is 1. The second kappa shape index (κ2) is 8.04. The van der Waals surface area contributed by atoms with Gasteiger partial charge in [-0.1, -0.05) is 6.92 Å². The number of carbonyl (C=O) groups excluding carboxylic acids is 1. The van der Waals surface area contributed by atoms with Gasteiger partial charge in [-0.3, -0.25) is 9.69 Å². The Morgan fingerprint density at radius 3 is 2.73 bits per heavy atom. The Kier molecular flexibility index (Phi) is 5.96. The van der Waals surface area contributed by atoms with Crippen molar-refractivity contribution in [1.82, 2.24) is 9.62 Å². The third-order valence-electron chi connectivity index (χ3n) is 4.97. The molecule has 2 heterocycles. The lowest BCUT2D eigenvalue weighted by molar-refractivity contribution is -0.118. The molecule has 1 amide bonds. The lowest BCUT2D eigenvalue weighted by Crippen LogP contribution is -2.41. The number of nitrogens with one attached hydrogen (secondary N) is 1. The zero-order valence-electron chi connectivity index (χ0n) is 15.4. The number of fused-ring (bicyclic) bond motifs is 1. The maximum atomic E-state index is 12.6. The summed E-state index contributed by atoms with van der Waals surface area (Å²) >= 11 is 0. The topological polar surface area (TPSA) is 79.0 Å². The summed E-state index contributed by atoms with van der Waals surface area (Å²) in [6.07, 6.45) is 1.12. The summed E-state index contributed by atoms with van der Waals surface area (Å²) in [4.78, 5) is 16.4. The molecule has 3 rings (SSSR count). The molecule has 1 saturated heterocycles. The first-order valence-corrected chi connectivity index (χ1v) is 10.7. The zero-order chi connectivity index (χ0) is 18.7. The number of benzene rings is 1. The van der Waals surface area contributed by atoms with Gasteiger partial charge in [0.05, 0.1) is 18.1 Å². The van der Waals surface area contributed by atoms with Crippen molar-refractivity contribution in [3.63, 3.8) is 0 Å². The fourth-order valence-electron chi connectivity index (χ4n) is 3.57. The van der Waals surface area contributed by atoms with Crippen molar-refractivity contribution < 1.29 is 17.9 Å². The van der Waals surface area contributed by atoms with Crippen molar-refractivity contribution in [3.8, 4) is 0 Å². The monoisotopic (exact) mass is 381 g/mol. The molecule has 0 aromatic heterocycles. The highest BCUT2D eigenvalue weighted by atomic mass is 32.2. The van der Waals surface area contributed by atoms with Gasteiger partial charge in [-0.25, -0.2) is 13.1 Å². The van der Waals surface area contributed by atoms with Crippen molar-refractivity contribution in [3.05, 3.63) is 23.8 Å². The maximum Gasteiger partial charge on any atom is 0.240 e. The first kappa shape index (κ1) is 19.3. The van der Waals surface area contributed by atoms with Crippen LogP contribution in [0, 0.1) is 0 Å². The molecule has 0 saturated carbocycles. The van der Waals surface area contributed by atoms with E-state index in [1.54, 1.807) is 23.1 Å². The van der Waals surface area contributed by atoms with Gasteiger partial charge in [0.1, 0.15) is 0 Å². The van der Waals surface area contributed by atoms with Crippen LogP contribution in [-0.4, -0.2) is 64.7 Å². The van der Waals surface area contributed by atoms with Gasteiger partial charge in [-0.05, 0) is 37.1 Å². The van der Waals surface area contributed by atoms with Crippen LogP contribution >= 0.6 is 0 Å². The molecule has 1 fully saturated rings. The fourth-order valence-corrected chi connectivity index (χ4v) is 4.64. The highest BCUT2D eigenvalue weighted by Gasteiger charge is 2.31. The molecule has 8 heteroatoms. The highest BCUT2D eigenvalue weighted by molar-refractivity contribution is 7.89. The number of carbonyl (C=O) groups is 1. The van der Waals surface area contributed by atoms with Gasteiger partial charge >= 0.3 is 0 Å². The molecule has 2 aliphatic rings. The summed E-state index contributed by atoms with van der Waals surface area (Å²) in [5.41, 5.74) is 1.74. The van der Waals surface area contributed by atoms with Crippen LogP contribution in [0.15, 0.2) is 23.1 Å². The summed E-state index contributed by atoms with van der Waals surface area (Å²) in [5, 5.41) is 0. The van der Waals surface area contributed by atoms with E-state index in [9.17, 15) is 13.2 Å². The van der Waals surface area contributed by atoms with E-state index >= 15 is 0 Å². The molecule has 0 spiro atoms. The van der Waals surface area contributed by atoms with E-state index < -0.39 is 10.0 Å². The van der Waals surface area contributed by atoms with E-state index in [2.05, 4.69) is 9.62 Å². The lowest BCUT2D eigenvalue weighted by atomic mass is 10.1. The first-order chi connectivity index (χ1) is 12.4. The molecule has 2 aliphatic heterocycles. The number of morpholine rings is 1. The minimum absolute atomic E-state index is 0.0599. The Morgan fingerprint density at radius 1 is 1.31 bits per heavy atom. The van der Waals surface area contributed by atoms with Gasteiger partial charge in [0.25, 0.3) is 0 Å². The SMILES string of the molecule is CCC(=O)N1c2ccc(S(=O)(=O)NCCN3CCOCC3)cc2C[C@@H]1C. The van der Waals surface area contributed by atoms with Crippen molar-refractivity contribution in [2.24, 2.45) is 0 Å². The minimum Gasteiger partial charge on any atom is -0.379 e. The van der Waals surface area contributed by atoms with Crippen LogP contribution in [-0.2, 0) is 26.0 Å². The highest BCUT2D eigenvalue weighted by Crippen LogP contribution is 2.34. The molecule has 144 valence electrons. The van der Waals surface area contributed by atoms with Gasteiger partial charge in [0.2, 0.25) is 15.9 Å². The molecule has 1 aromatic rings. The van der Waals surface area contributed by atoms with Gasteiger partial charge in [0, 0.05) is 44.3 Å². The van der Waals surface area contributed by atoms with Crippen LogP contribution in [0.25, 0.3) is 0 Å². The van der Waals surface area contributed by atoms with Crippen LogP contribution in [0.2, 0.25) is 0 Å². The van der Waals surface area contributed by atoms with E-state index in [1.165, 1.54) is 0 Å². The molecule has 0 unspecified atom stereocenters. The summed E-state index contributed by atoms with van der Waals surface area (Å²) < 4.78 is 33.2. The number of sulfonamides is 1. The average molecular weight is 381 g/mol. The standard InChI is InChI=1S/C18H27N3O4S/c1-3-18(22)21-14(2)12-15-13-16(4-5-17(15)21)26(23,24)19-6-7-20-8-10-25-11-9-20/h4-5,13-14,19H,3,6-12H2,1-2H3/t14-/m0/s1. The van der Waals surface area contributed by atoms with Gasteiger partial charge in [0.15, 0.2) is 0 Å². The second-order valence-electron chi connectivity index (χ2n) is 6.81. The zero-order valence-corrected chi connectivity index (χ0v) is 16.2. The Hall–Kier alpha value is -1.48. The van der Waals surface area contributed by atoms with Gasteiger partial charge in [-0.2, -0.15) is 0 Å². The van der Waals surface area contributed by atoms with E-state index in [4.69, 9.17) is 4.74 Å². The number of amides is 1. The largest absolute Gasteiger partial charge is 0.379 e. The van der Waals surface area contributed by atoms with Crippen molar-refractivity contribution in [2.45, 2.75) is 37.6 Å². The average Bonchev–Trinajstić information content (AvgIpc) is 2.96. The van der Waals surface area contributed by atoms with E-state index in [0.29, 0.717) is 39.1 Å². The molecular weight excluding hydrogens is 354 g/mol. The second-order valence-corrected chi connectivity index (χ2v) is 8.58. The molecule has 0 bridgehead atoms. The third kappa shape index (κ3) is 4.09. The van der Waals surface area contributed by atoms with Crippen molar-refractivity contribution >= 4 is 21.6 Å². The summed E-state index contributed by atoms with van der Waals surface area (Å²) in [7, 11) is -3.55. The molecule has 0 aliphatic carbocycles. The Morgan fingerprint density at radius 2 is 2.04 bits per heavy atom. The summed E-state index contributed by atoms with van der Waals surface area (Å²) in [6.45, 7) is 7.93. The quantitative estimate of drug-likeness (QED) is 0.795. The van der Waals surface area contributed by atoms with E-state index in [-0.39, 0.29) is 16.8 Å². The van der Waals surface area contributed by atoms with Crippen molar-refractivity contribution in [1.29, 1.82) is 0 Å². The summed E-state index contributed by atoms with van der Waals surface area (Å²) in [6, 6.07) is 5.10. The molecule has 1 aromatic carbocycles. The molecule has 7 nitrogen and oxygen atoms in total.